The smallest absolute Gasteiger partial charge is 0.407 e. The molecular weight excluding hydrogens is 741 g/mol. The zero-order valence-corrected chi connectivity index (χ0v) is 37.8. The molecule has 2 aliphatic rings. The lowest BCUT2D eigenvalue weighted by atomic mass is 9.81. The van der Waals surface area contributed by atoms with Crippen molar-refractivity contribution in [2.45, 2.75) is 206 Å². The average Bonchev–Trinajstić information content (AvgIpc) is 3.17. The molecule has 0 radical (unpaired) electrons. The number of nitrogens with one attached hydrogen (secondary N) is 2. The van der Waals surface area contributed by atoms with Crippen LogP contribution in [0.1, 0.15) is 156 Å². The molecule has 2 aromatic rings. The highest BCUT2D eigenvalue weighted by Gasteiger charge is 2.35. The summed E-state index contributed by atoms with van der Waals surface area (Å²) < 4.78 is 18.6. The van der Waals surface area contributed by atoms with Crippen LogP contribution in [0.25, 0.3) is 0 Å². The highest BCUT2D eigenvalue weighted by molar-refractivity contribution is 5.68. The maximum atomic E-state index is 13.1. The molecule has 2 aliphatic carbocycles. The molecule has 2 fully saturated rings. The Morgan fingerprint density at radius 3 is 1.25 bits per heavy atom. The zero-order chi connectivity index (χ0) is 43.0. The summed E-state index contributed by atoms with van der Waals surface area (Å²) in [4.78, 5) is 26.2. The molecule has 4 rings (SSSR count). The Morgan fingerprint density at radius 2 is 0.932 bits per heavy atom. The van der Waals surface area contributed by atoms with Gasteiger partial charge in [-0.2, -0.15) is 0 Å². The summed E-state index contributed by atoms with van der Waals surface area (Å²) in [5.74, 6) is 0.726. The minimum Gasteiger partial charge on any atom is -0.444 e. The van der Waals surface area contributed by atoms with E-state index in [2.05, 4.69) is 48.7 Å². The largest absolute Gasteiger partial charge is 0.444 e. The maximum absolute atomic E-state index is 13.1. The third-order valence-corrected chi connectivity index (χ3v) is 12.4. The van der Waals surface area contributed by atoms with Crippen molar-refractivity contribution in [3.63, 3.8) is 0 Å². The molecule has 0 aromatic heterocycles. The summed E-state index contributed by atoms with van der Waals surface area (Å²) in [5, 5.41) is 30.2. The van der Waals surface area contributed by atoms with Crippen LogP contribution in [0.5, 0.6) is 0 Å². The van der Waals surface area contributed by atoms with E-state index in [9.17, 15) is 19.8 Å². The number of aliphatic hydroxyl groups is 2. The van der Waals surface area contributed by atoms with E-state index in [0.29, 0.717) is 50.4 Å². The number of aliphatic hydroxyl groups excluding tert-OH is 2. The van der Waals surface area contributed by atoms with Gasteiger partial charge in [-0.05, 0) is 115 Å². The lowest BCUT2D eigenvalue weighted by molar-refractivity contribution is -0.0790. The van der Waals surface area contributed by atoms with E-state index in [4.69, 9.17) is 14.2 Å². The maximum Gasteiger partial charge on any atom is 0.407 e. The summed E-state index contributed by atoms with van der Waals surface area (Å²) >= 11 is 0. The summed E-state index contributed by atoms with van der Waals surface area (Å²) in [7, 11) is 0. The molecule has 9 nitrogen and oxygen atoms in total. The van der Waals surface area contributed by atoms with E-state index in [1.165, 1.54) is 38.5 Å². The van der Waals surface area contributed by atoms with Crippen molar-refractivity contribution in [1.29, 1.82) is 0 Å². The molecule has 0 spiro atoms. The van der Waals surface area contributed by atoms with Gasteiger partial charge < -0.3 is 35.1 Å². The molecule has 8 atom stereocenters. The second-order valence-corrected chi connectivity index (χ2v) is 20.1. The topological polar surface area (TPSA) is 126 Å². The monoisotopic (exact) mass is 821 g/mol. The first-order chi connectivity index (χ1) is 27.9. The number of carbonyl (C=O) groups excluding carboxylic acids is 2. The number of hydrogen-bond donors (Lipinski definition) is 4. The standard InChI is InChI=1S/C50H80N2O7/c1-35(29-43(53)41(31-37-21-13-9-14-22-37)51-47(55)58-49(3,4)5)45(33-39-25-17-11-18-26-39)57-46(34-40-27-19-12-20-28-40)36(2)30-44(54)42(32-38-23-15-10-16-24-38)52-48(56)59-50(6,7)8/h11-12,17-20,25-28,35-38,41-46,53-54H,9-10,13-16,21-24,29-34H2,1-8H3,(H,51,55)(H,52,56)/t35-,36-,41+,42+,43+,44+,45?,46?/m1/s1. The fraction of sp³-hybridized carbons (Fsp3) is 0.720. The van der Waals surface area contributed by atoms with Gasteiger partial charge in [0.05, 0.1) is 36.5 Å². The van der Waals surface area contributed by atoms with Gasteiger partial charge >= 0.3 is 12.2 Å². The van der Waals surface area contributed by atoms with Crippen molar-refractivity contribution in [3.05, 3.63) is 71.8 Å². The quantitative estimate of drug-likeness (QED) is 0.105. The van der Waals surface area contributed by atoms with Crippen molar-refractivity contribution in [1.82, 2.24) is 10.6 Å². The van der Waals surface area contributed by atoms with Gasteiger partial charge in [-0.15, -0.1) is 0 Å². The van der Waals surface area contributed by atoms with Crippen LogP contribution in [-0.2, 0) is 27.1 Å². The molecule has 0 bridgehead atoms. The molecule has 0 saturated heterocycles. The Labute approximate surface area is 357 Å². The first-order valence-electron chi connectivity index (χ1n) is 23.0. The number of hydrogen-bond acceptors (Lipinski definition) is 7. The lowest BCUT2D eigenvalue weighted by Crippen LogP contribution is -2.48. The van der Waals surface area contributed by atoms with Gasteiger partial charge in [0.1, 0.15) is 11.2 Å². The Bertz CT molecular complexity index is 1370. The second kappa shape index (κ2) is 23.7. The first-order valence-corrected chi connectivity index (χ1v) is 23.0. The van der Waals surface area contributed by atoms with E-state index in [-0.39, 0.29) is 24.0 Å². The summed E-state index contributed by atoms with van der Waals surface area (Å²) in [6.07, 6.45) is 12.1. The van der Waals surface area contributed by atoms with Crippen molar-refractivity contribution >= 4 is 12.2 Å². The SMILES string of the molecule is C[C@H](C[C@H](O)[C@H](CC1CCCCC1)NC(=O)OC(C)(C)C)C(Cc1ccccc1)OC(Cc1ccccc1)[C@H](C)C[C@H](O)[C@H](CC1CCCCC1)NC(=O)OC(C)(C)C. The van der Waals surface area contributed by atoms with E-state index in [1.807, 2.05) is 77.9 Å². The van der Waals surface area contributed by atoms with Gasteiger partial charge in [0.2, 0.25) is 0 Å². The molecule has 9 heteroatoms. The van der Waals surface area contributed by atoms with Gasteiger partial charge in [-0.3, -0.25) is 0 Å². The summed E-state index contributed by atoms with van der Waals surface area (Å²) in [5.41, 5.74) is 0.993. The van der Waals surface area contributed by atoms with E-state index in [0.717, 1.165) is 36.8 Å². The van der Waals surface area contributed by atoms with Crippen LogP contribution in [-0.4, -0.2) is 70.1 Å². The molecule has 2 amide bonds. The number of rotatable bonds is 20. The second-order valence-electron chi connectivity index (χ2n) is 20.1. The summed E-state index contributed by atoms with van der Waals surface area (Å²) in [6, 6.07) is 19.8. The fourth-order valence-electron chi connectivity index (χ4n) is 9.18. The summed E-state index contributed by atoms with van der Waals surface area (Å²) in [6.45, 7) is 15.4. The normalized spacial score (nSPS) is 20.0. The number of amides is 2. The highest BCUT2D eigenvalue weighted by atomic mass is 16.6. The van der Waals surface area contributed by atoms with E-state index >= 15 is 0 Å². The van der Waals surface area contributed by atoms with E-state index < -0.39 is 47.7 Å². The number of alkyl carbamates (subject to hydrolysis) is 2. The molecule has 4 N–H and O–H groups in total. The number of carbonyl (C=O) groups is 2. The zero-order valence-electron chi connectivity index (χ0n) is 37.8. The predicted octanol–water partition coefficient (Wildman–Crippen LogP) is 10.7. The number of benzene rings is 2. The van der Waals surface area contributed by atoms with Gasteiger partial charge in [0, 0.05) is 0 Å². The number of ether oxygens (including phenoxy) is 3. The third kappa shape index (κ3) is 18.6. The van der Waals surface area contributed by atoms with Crippen LogP contribution < -0.4 is 10.6 Å². The molecule has 332 valence electrons. The van der Waals surface area contributed by atoms with E-state index in [1.54, 1.807) is 0 Å². The molecular formula is C50H80N2O7. The fourth-order valence-corrected chi connectivity index (χ4v) is 9.18. The minimum absolute atomic E-state index is 0.0808. The van der Waals surface area contributed by atoms with Crippen LogP contribution in [0.15, 0.2) is 60.7 Å². The van der Waals surface area contributed by atoms with Gasteiger partial charge in [-0.25, -0.2) is 9.59 Å². The molecule has 2 saturated carbocycles. The third-order valence-electron chi connectivity index (χ3n) is 12.4. The Balaban J connectivity index is 1.58. The predicted molar refractivity (Wildman–Crippen MR) is 237 cm³/mol. The highest BCUT2D eigenvalue weighted by Crippen LogP contribution is 2.33. The molecule has 0 aliphatic heterocycles. The van der Waals surface area contributed by atoms with Crippen molar-refractivity contribution < 1.29 is 34.0 Å². The van der Waals surface area contributed by atoms with Gasteiger partial charge in [0.15, 0.2) is 0 Å². The molecule has 2 aromatic carbocycles. The van der Waals surface area contributed by atoms with Crippen LogP contribution in [0.4, 0.5) is 9.59 Å². The first kappa shape index (κ1) is 48.5. The Kier molecular flexibility index (Phi) is 19.5. The minimum atomic E-state index is -0.799. The van der Waals surface area contributed by atoms with Crippen LogP contribution in [0, 0.1) is 23.7 Å². The average molecular weight is 821 g/mol. The van der Waals surface area contributed by atoms with Crippen molar-refractivity contribution in [2.24, 2.45) is 23.7 Å². The molecule has 2 unspecified atom stereocenters. The van der Waals surface area contributed by atoms with Gasteiger partial charge in [0.25, 0.3) is 0 Å². The lowest BCUT2D eigenvalue weighted by Gasteiger charge is -2.37. The van der Waals surface area contributed by atoms with Crippen LogP contribution in [0.3, 0.4) is 0 Å². The van der Waals surface area contributed by atoms with Gasteiger partial charge in [-0.1, -0.05) is 139 Å². The van der Waals surface area contributed by atoms with Crippen LogP contribution in [0.2, 0.25) is 0 Å². The Hall–Kier alpha value is -3.14. The Morgan fingerprint density at radius 1 is 0.593 bits per heavy atom. The molecule has 0 heterocycles. The van der Waals surface area contributed by atoms with Crippen molar-refractivity contribution in [2.75, 3.05) is 0 Å². The van der Waals surface area contributed by atoms with Crippen LogP contribution >= 0.6 is 0 Å². The molecule has 59 heavy (non-hydrogen) atoms. The van der Waals surface area contributed by atoms with Crippen molar-refractivity contribution in [3.8, 4) is 0 Å².